The molecule has 0 aliphatic carbocycles. The number of benzene rings is 1. The van der Waals surface area contributed by atoms with Gasteiger partial charge in [-0.2, -0.15) is 0 Å². The number of hydrogen-bond donors (Lipinski definition) is 1. The lowest BCUT2D eigenvalue weighted by Crippen LogP contribution is -2.10. The van der Waals surface area contributed by atoms with E-state index >= 15 is 0 Å². The monoisotopic (exact) mass is 239 g/mol. The van der Waals surface area contributed by atoms with Crippen molar-refractivity contribution < 1.29 is 13.2 Å². The molecule has 1 aromatic heterocycles. The third kappa shape index (κ3) is 2.65. The van der Waals surface area contributed by atoms with Gasteiger partial charge in [0.15, 0.2) is 0 Å². The molecule has 0 amide bonds. The molecular formula is C11H11F2N3O. The van der Waals surface area contributed by atoms with Gasteiger partial charge in [-0.3, -0.25) is 0 Å². The fourth-order valence-corrected chi connectivity index (χ4v) is 1.36. The largest absolute Gasteiger partial charge is 0.421 e. The highest BCUT2D eigenvalue weighted by Crippen LogP contribution is 2.22. The molecule has 6 heteroatoms. The number of aromatic nitrogens is 2. The molecule has 0 aliphatic rings. The topological polar surface area (TPSA) is 51.0 Å². The molecule has 0 saturated heterocycles. The van der Waals surface area contributed by atoms with Gasteiger partial charge in [0.1, 0.15) is 11.6 Å². The summed E-state index contributed by atoms with van der Waals surface area (Å²) in [5.41, 5.74) is -0.0202. The van der Waals surface area contributed by atoms with Crippen molar-refractivity contribution >= 4 is 0 Å². The molecule has 0 atom stereocenters. The second kappa shape index (κ2) is 5.01. The summed E-state index contributed by atoms with van der Waals surface area (Å²) in [5.74, 6) is -0.752. The van der Waals surface area contributed by atoms with E-state index in [1.54, 1.807) is 7.05 Å². The predicted molar refractivity (Wildman–Crippen MR) is 57.3 cm³/mol. The van der Waals surface area contributed by atoms with E-state index in [2.05, 4.69) is 15.5 Å². The first-order chi connectivity index (χ1) is 8.20. The summed E-state index contributed by atoms with van der Waals surface area (Å²) in [6.07, 6.45) is 0.542. The molecule has 0 spiro atoms. The van der Waals surface area contributed by atoms with E-state index in [0.29, 0.717) is 18.9 Å². The molecule has 1 heterocycles. The summed E-state index contributed by atoms with van der Waals surface area (Å²) in [5, 5.41) is 10.4. The summed E-state index contributed by atoms with van der Waals surface area (Å²) in [7, 11) is 1.80. The Morgan fingerprint density at radius 1 is 1.29 bits per heavy atom. The number of halogens is 2. The van der Waals surface area contributed by atoms with Crippen LogP contribution in [0.25, 0.3) is 11.5 Å². The van der Waals surface area contributed by atoms with Crippen molar-refractivity contribution in [2.75, 3.05) is 13.6 Å². The second-order valence-corrected chi connectivity index (χ2v) is 3.48. The van der Waals surface area contributed by atoms with E-state index in [0.717, 1.165) is 18.2 Å². The molecular weight excluding hydrogens is 228 g/mol. The molecule has 0 radical (unpaired) electrons. The maximum atomic E-state index is 13.4. The van der Waals surface area contributed by atoms with Crippen LogP contribution in [0.1, 0.15) is 5.89 Å². The van der Waals surface area contributed by atoms with Crippen LogP contribution in [0, 0.1) is 11.6 Å². The van der Waals surface area contributed by atoms with Gasteiger partial charge in [0.2, 0.25) is 5.89 Å². The van der Waals surface area contributed by atoms with Crippen LogP contribution in [0.15, 0.2) is 22.6 Å². The van der Waals surface area contributed by atoms with Crippen LogP contribution in [0.2, 0.25) is 0 Å². The van der Waals surface area contributed by atoms with Crippen molar-refractivity contribution in [3.63, 3.8) is 0 Å². The number of rotatable bonds is 4. The SMILES string of the molecule is CNCCc1nnc(-c2cc(F)ccc2F)o1. The van der Waals surface area contributed by atoms with Crippen LogP contribution in [0.4, 0.5) is 8.78 Å². The zero-order valence-corrected chi connectivity index (χ0v) is 9.20. The minimum Gasteiger partial charge on any atom is -0.421 e. The average Bonchev–Trinajstić information content (AvgIpc) is 2.78. The summed E-state index contributed by atoms with van der Waals surface area (Å²) in [6.45, 7) is 0.674. The summed E-state index contributed by atoms with van der Waals surface area (Å²) < 4.78 is 31.6. The van der Waals surface area contributed by atoms with Gasteiger partial charge < -0.3 is 9.73 Å². The van der Waals surface area contributed by atoms with Crippen molar-refractivity contribution in [3.8, 4) is 11.5 Å². The summed E-state index contributed by atoms with van der Waals surface area (Å²) >= 11 is 0. The third-order valence-electron chi connectivity index (χ3n) is 2.21. The molecule has 1 N–H and O–H groups in total. The highest BCUT2D eigenvalue weighted by atomic mass is 19.1. The Balaban J connectivity index is 2.27. The van der Waals surface area contributed by atoms with E-state index in [1.165, 1.54) is 0 Å². The van der Waals surface area contributed by atoms with Crippen LogP contribution in [-0.2, 0) is 6.42 Å². The molecule has 2 aromatic rings. The maximum absolute atomic E-state index is 13.4. The molecule has 17 heavy (non-hydrogen) atoms. The molecule has 1 aromatic carbocycles. The first-order valence-corrected chi connectivity index (χ1v) is 5.13. The minimum atomic E-state index is -0.588. The Morgan fingerprint density at radius 2 is 2.12 bits per heavy atom. The van der Waals surface area contributed by atoms with Crippen molar-refractivity contribution in [2.45, 2.75) is 6.42 Å². The van der Waals surface area contributed by atoms with E-state index in [-0.39, 0.29) is 11.5 Å². The lowest BCUT2D eigenvalue weighted by molar-refractivity contribution is 0.495. The van der Waals surface area contributed by atoms with Gasteiger partial charge in [-0.1, -0.05) is 0 Å². The van der Waals surface area contributed by atoms with E-state index in [1.807, 2.05) is 0 Å². The first kappa shape index (κ1) is 11.7. The molecule has 0 saturated carbocycles. The molecule has 4 nitrogen and oxygen atoms in total. The molecule has 0 aliphatic heterocycles. The van der Waals surface area contributed by atoms with Crippen LogP contribution < -0.4 is 5.32 Å². The minimum absolute atomic E-state index is 0.00639. The van der Waals surface area contributed by atoms with Gasteiger partial charge >= 0.3 is 0 Å². The number of likely N-dealkylation sites (N-methyl/N-ethyl adjacent to an activating group) is 1. The molecule has 90 valence electrons. The van der Waals surface area contributed by atoms with Gasteiger partial charge in [-0.05, 0) is 25.2 Å². The van der Waals surface area contributed by atoms with Gasteiger partial charge in [0.25, 0.3) is 5.89 Å². The fourth-order valence-electron chi connectivity index (χ4n) is 1.36. The van der Waals surface area contributed by atoms with Gasteiger partial charge in [0.05, 0.1) is 5.56 Å². The molecule has 2 rings (SSSR count). The Kier molecular flexibility index (Phi) is 3.43. The number of nitrogens with zero attached hydrogens (tertiary/aromatic N) is 2. The van der Waals surface area contributed by atoms with Gasteiger partial charge in [-0.25, -0.2) is 8.78 Å². The maximum Gasteiger partial charge on any atom is 0.250 e. The highest BCUT2D eigenvalue weighted by Gasteiger charge is 2.13. The lowest BCUT2D eigenvalue weighted by Gasteiger charge is -1.97. The zero-order chi connectivity index (χ0) is 12.3. The summed E-state index contributed by atoms with van der Waals surface area (Å²) in [6, 6.07) is 3.10. The zero-order valence-electron chi connectivity index (χ0n) is 9.20. The Morgan fingerprint density at radius 3 is 2.88 bits per heavy atom. The lowest BCUT2D eigenvalue weighted by atomic mass is 10.2. The van der Waals surface area contributed by atoms with Gasteiger partial charge in [-0.15, -0.1) is 10.2 Å². The standard InChI is InChI=1S/C11H11F2N3O/c1-14-5-4-10-15-16-11(17-10)8-6-7(12)2-3-9(8)13/h2-3,6,14H,4-5H2,1H3. The molecule has 0 fully saturated rings. The van der Waals surface area contributed by atoms with Gasteiger partial charge in [0, 0.05) is 13.0 Å². The van der Waals surface area contributed by atoms with Crippen LogP contribution >= 0.6 is 0 Å². The number of nitrogens with one attached hydrogen (secondary N) is 1. The fraction of sp³-hybridized carbons (Fsp3) is 0.273. The smallest absolute Gasteiger partial charge is 0.250 e. The average molecular weight is 239 g/mol. The third-order valence-corrected chi connectivity index (χ3v) is 2.21. The summed E-state index contributed by atoms with van der Waals surface area (Å²) in [4.78, 5) is 0. The van der Waals surface area contributed by atoms with Crippen molar-refractivity contribution in [1.29, 1.82) is 0 Å². The molecule has 0 bridgehead atoms. The highest BCUT2D eigenvalue weighted by molar-refractivity contribution is 5.53. The Labute approximate surface area is 96.7 Å². The van der Waals surface area contributed by atoms with Crippen LogP contribution in [0.5, 0.6) is 0 Å². The van der Waals surface area contributed by atoms with Crippen molar-refractivity contribution in [3.05, 3.63) is 35.7 Å². The first-order valence-electron chi connectivity index (χ1n) is 5.13. The predicted octanol–water partition coefficient (Wildman–Crippen LogP) is 1.78. The Hall–Kier alpha value is -1.82. The Bertz CT molecular complexity index is 513. The second-order valence-electron chi connectivity index (χ2n) is 3.48. The number of hydrogen-bond acceptors (Lipinski definition) is 4. The van der Waals surface area contributed by atoms with E-state index in [9.17, 15) is 8.78 Å². The van der Waals surface area contributed by atoms with E-state index in [4.69, 9.17) is 4.42 Å². The van der Waals surface area contributed by atoms with Crippen molar-refractivity contribution in [1.82, 2.24) is 15.5 Å². The van der Waals surface area contributed by atoms with Crippen molar-refractivity contribution in [2.24, 2.45) is 0 Å². The molecule has 0 unspecified atom stereocenters. The van der Waals surface area contributed by atoms with Crippen LogP contribution in [0.3, 0.4) is 0 Å². The van der Waals surface area contributed by atoms with Crippen LogP contribution in [-0.4, -0.2) is 23.8 Å². The normalized spacial score (nSPS) is 10.8. The van der Waals surface area contributed by atoms with E-state index < -0.39 is 11.6 Å². The quantitative estimate of drug-likeness (QED) is 0.883.